The van der Waals surface area contributed by atoms with Crippen molar-refractivity contribution in [1.82, 2.24) is 10.3 Å². The Bertz CT molecular complexity index is 207. The first-order chi connectivity index (χ1) is 4.97. The third kappa shape index (κ3) is 0.907. The first-order valence-corrected chi connectivity index (χ1v) is 3.44. The van der Waals surface area contributed by atoms with Gasteiger partial charge in [-0.25, -0.2) is 0 Å². The molecule has 2 rings (SSSR count). The van der Waals surface area contributed by atoms with Gasteiger partial charge in [0, 0.05) is 19.3 Å². The van der Waals surface area contributed by atoms with Crippen LogP contribution < -0.4 is 5.32 Å². The Morgan fingerprint density at radius 2 is 2.50 bits per heavy atom. The maximum atomic E-state index is 4.24. The number of hydrogen-bond donors (Lipinski definition) is 1. The lowest BCUT2D eigenvalue weighted by Gasteiger charge is -2.13. The van der Waals surface area contributed by atoms with Crippen LogP contribution >= 0.6 is 0 Å². The van der Waals surface area contributed by atoms with Gasteiger partial charge in [-0.05, 0) is 18.1 Å². The summed E-state index contributed by atoms with van der Waals surface area (Å²) in [6, 6.07) is 4.11. The second-order valence-corrected chi connectivity index (χ2v) is 2.40. The summed E-state index contributed by atoms with van der Waals surface area (Å²) in [6.07, 6.45) is 2.84. The van der Waals surface area contributed by atoms with E-state index in [2.05, 4.69) is 22.9 Å². The summed E-state index contributed by atoms with van der Waals surface area (Å²) in [5, 5.41) is 3.15. The zero-order chi connectivity index (χ0) is 6.81. The van der Waals surface area contributed by atoms with E-state index in [9.17, 15) is 0 Å². The van der Waals surface area contributed by atoms with E-state index in [1.165, 1.54) is 11.3 Å². The summed E-state index contributed by atoms with van der Waals surface area (Å²) in [4.78, 5) is 4.24. The van der Waals surface area contributed by atoms with Crippen LogP contribution in [-0.4, -0.2) is 4.98 Å². The van der Waals surface area contributed by atoms with E-state index >= 15 is 0 Å². The van der Waals surface area contributed by atoms with Crippen molar-refractivity contribution in [2.24, 2.45) is 0 Å². The topological polar surface area (TPSA) is 24.9 Å². The molecule has 1 radical (unpaired) electrons. The SMILES string of the molecule is [CH]1Cc2cccnc2CN1. The van der Waals surface area contributed by atoms with Crippen LogP contribution in [0.25, 0.3) is 0 Å². The summed E-state index contributed by atoms with van der Waals surface area (Å²) in [5.41, 5.74) is 2.53. The summed E-state index contributed by atoms with van der Waals surface area (Å²) < 4.78 is 0. The van der Waals surface area contributed by atoms with E-state index in [1.54, 1.807) is 0 Å². The molecule has 0 saturated heterocycles. The van der Waals surface area contributed by atoms with Crippen molar-refractivity contribution in [2.75, 3.05) is 0 Å². The minimum atomic E-state index is 0.885. The Kier molecular flexibility index (Phi) is 1.40. The van der Waals surface area contributed by atoms with Crippen LogP contribution in [0.4, 0.5) is 0 Å². The van der Waals surface area contributed by atoms with Crippen LogP contribution in [-0.2, 0) is 13.0 Å². The van der Waals surface area contributed by atoms with Gasteiger partial charge in [0.05, 0.1) is 5.69 Å². The number of hydrogen-bond acceptors (Lipinski definition) is 2. The van der Waals surface area contributed by atoms with Crippen molar-refractivity contribution < 1.29 is 0 Å². The number of nitrogens with one attached hydrogen (secondary N) is 1. The van der Waals surface area contributed by atoms with Crippen LogP contribution in [0.5, 0.6) is 0 Å². The fourth-order valence-corrected chi connectivity index (χ4v) is 1.17. The van der Waals surface area contributed by atoms with Gasteiger partial charge in [0.2, 0.25) is 0 Å². The molecular formula is C8H9N2. The van der Waals surface area contributed by atoms with Crippen molar-refractivity contribution in [3.8, 4) is 0 Å². The molecule has 1 N–H and O–H groups in total. The molecule has 0 unspecified atom stereocenters. The molecule has 1 aliphatic rings. The fourth-order valence-electron chi connectivity index (χ4n) is 1.17. The van der Waals surface area contributed by atoms with Crippen LogP contribution in [0, 0.1) is 6.54 Å². The van der Waals surface area contributed by atoms with E-state index in [-0.39, 0.29) is 0 Å². The van der Waals surface area contributed by atoms with Crippen molar-refractivity contribution >= 4 is 0 Å². The Morgan fingerprint density at radius 1 is 1.50 bits per heavy atom. The molecule has 10 heavy (non-hydrogen) atoms. The molecule has 1 aromatic rings. The normalized spacial score (nSPS) is 16.4. The molecule has 0 spiro atoms. The van der Waals surface area contributed by atoms with Crippen LogP contribution in [0.15, 0.2) is 18.3 Å². The zero-order valence-corrected chi connectivity index (χ0v) is 5.67. The lowest BCUT2D eigenvalue weighted by atomic mass is 10.1. The maximum absolute atomic E-state index is 4.24. The van der Waals surface area contributed by atoms with E-state index in [0.717, 1.165) is 13.0 Å². The quantitative estimate of drug-likeness (QED) is 0.568. The summed E-state index contributed by atoms with van der Waals surface area (Å²) in [6.45, 7) is 2.96. The zero-order valence-electron chi connectivity index (χ0n) is 5.67. The highest BCUT2D eigenvalue weighted by Gasteiger charge is 2.07. The highest BCUT2D eigenvalue weighted by Crippen LogP contribution is 2.10. The fraction of sp³-hybridized carbons (Fsp3) is 0.250. The number of pyridine rings is 1. The molecule has 2 heterocycles. The Balaban J connectivity index is 2.41. The van der Waals surface area contributed by atoms with E-state index < -0.39 is 0 Å². The summed E-state index contributed by atoms with van der Waals surface area (Å²) >= 11 is 0. The average Bonchev–Trinajstić information content (AvgIpc) is 2.05. The van der Waals surface area contributed by atoms with Crippen molar-refractivity contribution in [2.45, 2.75) is 13.0 Å². The molecule has 0 fully saturated rings. The monoisotopic (exact) mass is 133 g/mol. The van der Waals surface area contributed by atoms with Crippen molar-refractivity contribution in [3.63, 3.8) is 0 Å². The number of rotatable bonds is 0. The molecule has 0 aliphatic carbocycles. The van der Waals surface area contributed by atoms with Gasteiger partial charge in [0.25, 0.3) is 0 Å². The van der Waals surface area contributed by atoms with Gasteiger partial charge in [-0.3, -0.25) is 4.98 Å². The standard InChI is InChI=1S/C8H9N2/c1-2-7-3-5-9-6-8(7)10-4-1/h1-2,4-5,9H,3,6H2. The van der Waals surface area contributed by atoms with E-state index in [4.69, 9.17) is 0 Å². The molecule has 1 aromatic heterocycles. The van der Waals surface area contributed by atoms with Crippen LogP contribution in [0.2, 0.25) is 0 Å². The second-order valence-electron chi connectivity index (χ2n) is 2.40. The van der Waals surface area contributed by atoms with Gasteiger partial charge in [-0.15, -0.1) is 0 Å². The molecule has 0 atom stereocenters. The van der Waals surface area contributed by atoms with Gasteiger partial charge in [0.15, 0.2) is 0 Å². The highest BCUT2D eigenvalue weighted by atomic mass is 14.9. The molecule has 0 amide bonds. The minimum absolute atomic E-state index is 0.885. The first-order valence-electron chi connectivity index (χ1n) is 3.44. The molecular weight excluding hydrogens is 124 g/mol. The third-order valence-corrected chi connectivity index (χ3v) is 1.72. The third-order valence-electron chi connectivity index (χ3n) is 1.72. The smallest absolute Gasteiger partial charge is 0.0574 e. The van der Waals surface area contributed by atoms with E-state index in [1.807, 2.05) is 12.3 Å². The summed E-state index contributed by atoms with van der Waals surface area (Å²) in [5.74, 6) is 0. The predicted octanol–water partition coefficient (Wildman–Crippen LogP) is 0.889. The van der Waals surface area contributed by atoms with Gasteiger partial charge in [-0.1, -0.05) is 6.07 Å². The van der Waals surface area contributed by atoms with Crippen LogP contribution in [0.3, 0.4) is 0 Å². The van der Waals surface area contributed by atoms with Gasteiger partial charge in [0.1, 0.15) is 0 Å². The minimum Gasteiger partial charge on any atom is -0.306 e. The average molecular weight is 133 g/mol. The first kappa shape index (κ1) is 5.86. The largest absolute Gasteiger partial charge is 0.306 e. The number of fused-ring (bicyclic) bond motifs is 1. The van der Waals surface area contributed by atoms with Crippen LogP contribution in [0.1, 0.15) is 11.3 Å². The Labute approximate surface area is 60.3 Å². The number of aromatic nitrogens is 1. The second kappa shape index (κ2) is 2.39. The molecule has 2 heteroatoms. The lowest BCUT2D eigenvalue weighted by Crippen LogP contribution is -2.19. The van der Waals surface area contributed by atoms with E-state index in [0.29, 0.717) is 0 Å². The van der Waals surface area contributed by atoms with Crippen molar-refractivity contribution in [1.29, 1.82) is 0 Å². The predicted molar refractivity (Wildman–Crippen MR) is 39.1 cm³/mol. The molecule has 51 valence electrons. The van der Waals surface area contributed by atoms with Gasteiger partial charge >= 0.3 is 0 Å². The van der Waals surface area contributed by atoms with Gasteiger partial charge in [-0.2, -0.15) is 0 Å². The molecule has 1 aliphatic heterocycles. The molecule has 0 saturated carbocycles. The molecule has 2 nitrogen and oxygen atoms in total. The van der Waals surface area contributed by atoms with Gasteiger partial charge < -0.3 is 5.32 Å². The highest BCUT2D eigenvalue weighted by molar-refractivity contribution is 5.23. The molecule has 0 bridgehead atoms. The Morgan fingerprint density at radius 3 is 3.40 bits per heavy atom. The lowest BCUT2D eigenvalue weighted by molar-refractivity contribution is 0.703. The summed E-state index contributed by atoms with van der Waals surface area (Å²) in [7, 11) is 0. The molecule has 0 aromatic carbocycles. The Hall–Kier alpha value is -0.890. The van der Waals surface area contributed by atoms with Crippen molar-refractivity contribution in [3.05, 3.63) is 36.1 Å². The number of nitrogens with zero attached hydrogens (tertiary/aromatic N) is 1. The maximum Gasteiger partial charge on any atom is 0.0574 e.